The molecule has 21 heavy (non-hydrogen) atoms. The van der Waals surface area contributed by atoms with Crippen LogP contribution in [0.25, 0.3) is 11.3 Å². The lowest BCUT2D eigenvalue weighted by Gasteiger charge is -2.11. The fourth-order valence-electron chi connectivity index (χ4n) is 1.71. The van der Waals surface area contributed by atoms with Crippen LogP contribution in [0.5, 0.6) is 0 Å². The van der Waals surface area contributed by atoms with Gasteiger partial charge < -0.3 is 11.5 Å². The SMILES string of the molecule is N#Cc1c(N)nc(N)nc1-c1ccc(C(F)(F)F)c(I)c1. The summed E-state index contributed by atoms with van der Waals surface area (Å²) in [5.74, 6) is -0.272. The molecule has 0 fully saturated rings. The second-order valence-corrected chi connectivity index (χ2v) is 5.16. The normalized spacial score (nSPS) is 11.2. The Kier molecular flexibility index (Phi) is 3.91. The quantitative estimate of drug-likeness (QED) is 0.711. The van der Waals surface area contributed by atoms with Gasteiger partial charge in [-0.25, -0.2) is 4.98 Å². The van der Waals surface area contributed by atoms with Gasteiger partial charge in [-0.2, -0.15) is 23.4 Å². The molecule has 0 aliphatic heterocycles. The van der Waals surface area contributed by atoms with E-state index >= 15 is 0 Å². The first kappa shape index (κ1) is 15.3. The van der Waals surface area contributed by atoms with Crippen LogP contribution in [0.3, 0.4) is 0 Å². The molecule has 4 N–H and O–H groups in total. The molecule has 9 heteroatoms. The average molecular weight is 405 g/mol. The largest absolute Gasteiger partial charge is 0.417 e. The number of benzene rings is 1. The molecule has 0 saturated carbocycles. The Morgan fingerprint density at radius 2 is 1.86 bits per heavy atom. The molecule has 1 aromatic heterocycles. The summed E-state index contributed by atoms with van der Waals surface area (Å²) in [4.78, 5) is 7.54. The van der Waals surface area contributed by atoms with Crippen molar-refractivity contribution in [1.82, 2.24) is 9.97 Å². The van der Waals surface area contributed by atoms with E-state index in [0.29, 0.717) is 5.56 Å². The number of nitriles is 1. The summed E-state index contributed by atoms with van der Waals surface area (Å²) in [6.07, 6.45) is -4.45. The van der Waals surface area contributed by atoms with E-state index in [1.165, 1.54) is 12.1 Å². The molecule has 1 heterocycles. The highest BCUT2D eigenvalue weighted by Gasteiger charge is 2.33. The number of nitrogen functional groups attached to an aromatic ring is 2. The van der Waals surface area contributed by atoms with Crippen molar-refractivity contribution in [2.24, 2.45) is 0 Å². The first-order valence-corrected chi connectivity index (χ1v) is 6.52. The van der Waals surface area contributed by atoms with Crippen molar-refractivity contribution in [3.63, 3.8) is 0 Å². The van der Waals surface area contributed by atoms with E-state index in [1.807, 2.05) is 6.07 Å². The van der Waals surface area contributed by atoms with E-state index in [1.54, 1.807) is 22.6 Å². The third-order valence-corrected chi connectivity index (χ3v) is 3.51. The Hall–Kier alpha value is -2.09. The fourth-order valence-corrected chi connectivity index (χ4v) is 2.53. The molecule has 0 aliphatic rings. The topological polar surface area (TPSA) is 102 Å². The van der Waals surface area contributed by atoms with E-state index < -0.39 is 11.7 Å². The van der Waals surface area contributed by atoms with Gasteiger partial charge in [0, 0.05) is 9.13 Å². The van der Waals surface area contributed by atoms with E-state index in [4.69, 9.17) is 16.7 Å². The highest BCUT2D eigenvalue weighted by molar-refractivity contribution is 14.1. The molecule has 0 bridgehead atoms. The van der Waals surface area contributed by atoms with Gasteiger partial charge in [0.05, 0.1) is 11.3 Å². The second-order valence-electron chi connectivity index (χ2n) is 3.99. The standard InChI is InChI=1S/C12H7F3IN5/c13-12(14,15)7-2-1-5(3-8(7)16)9-6(4-17)10(18)21-11(19)20-9/h1-3H,(H4,18,19,20,21). The zero-order valence-electron chi connectivity index (χ0n) is 10.2. The lowest BCUT2D eigenvalue weighted by atomic mass is 10.0. The Bertz CT molecular complexity index is 752. The molecular weight excluding hydrogens is 398 g/mol. The second kappa shape index (κ2) is 5.36. The van der Waals surface area contributed by atoms with Gasteiger partial charge in [0.1, 0.15) is 17.5 Å². The Morgan fingerprint density at radius 1 is 1.19 bits per heavy atom. The molecule has 1 aromatic carbocycles. The number of rotatable bonds is 1. The van der Waals surface area contributed by atoms with Gasteiger partial charge in [-0.05, 0) is 34.7 Å². The van der Waals surface area contributed by atoms with Crippen molar-refractivity contribution in [2.75, 3.05) is 11.5 Å². The molecule has 2 rings (SSSR count). The van der Waals surface area contributed by atoms with Crippen LogP contribution in [0.2, 0.25) is 0 Å². The Labute approximate surface area is 130 Å². The van der Waals surface area contributed by atoms with Crippen LogP contribution in [0.4, 0.5) is 24.9 Å². The highest BCUT2D eigenvalue weighted by Crippen LogP contribution is 2.35. The molecule has 0 spiro atoms. The van der Waals surface area contributed by atoms with Crippen molar-refractivity contribution >= 4 is 34.4 Å². The minimum atomic E-state index is -4.45. The lowest BCUT2D eigenvalue weighted by molar-refractivity contribution is -0.138. The number of nitrogens with zero attached hydrogens (tertiary/aromatic N) is 3. The number of anilines is 2. The number of hydrogen-bond donors (Lipinski definition) is 2. The van der Waals surface area contributed by atoms with Crippen molar-refractivity contribution < 1.29 is 13.2 Å². The third kappa shape index (κ3) is 2.99. The predicted octanol–water partition coefficient (Wildman–Crippen LogP) is 2.80. The number of aromatic nitrogens is 2. The molecule has 2 aromatic rings. The molecule has 0 unspecified atom stereocenters. The molecular formula is C12H7F3IN5. The van der Waals surface area contributed by atoms with E-state index in [-0.39, 0.29) is 26.6 Å². The first-order chi connectivity index (χ1) is 9.74. The van der Waals surface area contributed by atoms with Gasteiger partial charge in [0.25, 0.3) is 0 Å². The van der Waals surface area contributed by atoms with Gasteiger partial charge in [-0.1, -0.05) is 6.07 Å². The van der Waals surface area contributed by atoms with Crippen molar-refractivity contribution in [3.05, 3.63) is 32.9 Å². The zero-order valence-corrected chi connectivity index (χ0v) is 12.4. The van der Waals surface area contributed by atoms with Gasteiger partial charge in [0.15, 0.2) is 0 Å². The van der Waals surface area contributed by atoms with Gasteiger partial charge in [0.2, 0.25) is 5.95 Å². The summed E-state index contributed by atoms with van der Waals surface area (Å²) in [6.45, 7) is 0. The van der Waals surface area contributed by atoms with Crippen molar-refractivity contribution in [2.45, 2.75) is 6.18 Å². The molecule has 0 aliphatic carbocycles. The zero-order chi connectivity index (χ0) is 15.8. The summed E-state index contributed by atoms with van der Waals surface area (Å²) in [5, 5.41) is 9.07. The van der Waals surface area contributed by atoms with Crippen LogP contribution >= 0.6 is 22.6 Å². The van der Waals surface area contributed by atoms with Crippen LogP contribution < -0.4 is 11.5 Å². The molecule has 0 amide bonds. The molecule has 0 saturated heterocycles. The minimum Gasteiger partial charge on any atom is -0.382 e. The maximum Gasteiger partial charge on any atom is 0.417 e. The lowest BCUT2D eigenvalue weighted by Crippen LogP contribution is -2.08. The van der Waals surface area contributed by atoms with Gasteiger partial charge >= 0.3 is 6.18 Å². The first-order valence-electron chi connectivity index (χ1n) is 5.44. The molecule has 0 atom stereocenters. The number of alkyl halides is 3. The van der Waals surface area contributed by atoms with E-state index in [9.17, 15) is 13.2 Å². The van der Waals surface area contributed by atoms with Gasteiger partial charge in [-0.15, -0.1) is 0 Å². The van der Waals surface area contributed by atoms with Gasteiger partial charge in [-0.3, -0.25) is 0 Å². The number of halogens is 4. The Morgan fingerprint density at radius 3 is 2.38 bits per heavy atom. The third-order valence-electron chi connectivity index (χ3n) is 2.61. The van der Waals surface area contributed by atoms with E-state index in [0.717, 1.165) is 6.07 Å². The summed E-state index contributed by atoms with van der Waals surface area (Å²) >= 11 is 1.57. The van der Waals surface area contributed by atoms with Crippen LogP contribution in [0, 0.1) is 14.9 Å². The summed E-state index contributed by atoms with van der Waals surface area (Å²) in [7, 11) is 0. The molecule has 108 valence electrons. The maximum atomic E-state index is 12.7. The number of nitrogens with two attached hydrogens (primary N) is 2. The number of hydrogen-bond acceptors (Lipinski definition) is 5. The van der Waals surface area contributed by atoms with Crippen molar-refractivity contribution in [1.29, 1.82) is 5.26 Å². The van der Waals surface area contributed by atoms with Crippen LogP contribution in [0.1, 0.15) is 11.1 Å². The van der Waals surface area contributed by atoms with E-state index in [2.05, 4.69) is 9.97 Å². The van der Waals surface area contributed by atoms with Crippen LogP contribution in [-0.2, 0) is 6.18 Å². The monoisotopic (exact) mass is 405 g/mol. The summed E-state index contributed by atoms with van der Waals surface area (Å²) < 4.78 is 38.2. The highest BCUT2D eigenvalue weighted by atomic mass is 127. The van der Waals surface area contributed by atoms with Crippen LogP contribution in [0.15, 0.2) is 18.2 Å². The Balaban J connectivity index is 2.65. The average Bonchev–Trinajstić information content (AvgIpc) is 2.36. The van der Waals surface area contributed by atoms with Crippen molar-refractivity contribution in [3.8, 4) is 17.3 Å². The maximum absolute atomic E-state index is 12.7. The summed E-state index contributed by atoms with van der Waals surface area (Å²) in [6, 6.07) is 5.23. The van der Waals surface area contributed by atoms with Crippen LogP contribution in [-0.4, -0.2) is 9.97 Å². The minimum absolute atomic E-state index is 0.0164. The smallest absolute Gasteiger partial charge is 0.382 e. The fraction of sp³-hybridized carbons (Fsp3) is 0.0833. The molecule has 5 nitrogen and oxygen atoms in total. The molecule has 0 radical (unpaired) electrons. The summed E-state index contributed by atoms with van der Waals surface area (Å²) in [5.41, 5.74) is 10.7. The predicted molar refractivity (Wildman–Crippen MR) is 78.7 cm³/mol.